The van der Waals surface area contributed by atoms with Crippen molar-refractivity contribution in [3.05, 3.63) is 54.4 Å². The predicted octanol–water partition coefficient (Wildman–Crippen LogP) is 1.18. The molecule has 25 heavy (non-hydrogen) atoms. The van der Waals surface area contributed by atoms with Crippen molar-refractivity contribution in [3.8, 4) is 0 Å². The molecule has 1 aromatic carbocycles. The number of hydrogen-bond donors (Lipinski definition) is 2. The zero-order chi connectivity index (χ0) is 18.3. The molecule has 1 amide bonds. The number of carbonyl (C=O) groups is 2. The van der Waals surface area contributed by atoms with Crippen LogP contribution in [0.4, 0.5) is 5.69 Å². The second-order valence-corrected chi connectivity index (χ2v) is 6.72. The third kappa shape index (κ3) is 5.37. The van der Waals surface area contributed by atoms with Crippen molar-refractivity contribution in [2.75, 3.05) is 19.0 Å². The van der Waals surface area contributed by atoms with Crippen molar-refractivity contribution in [1.29, 1.82) is 0 Å². The summed E-state index contributed by atoms with van der Waals surface area (Å²) >= 11 is 0. The highest BCUT2D eigenvalue weighted by molar-refractivity contribution is 7.89. The smallest absolute Gasteiger partial charge is 0.337 e. The van der Waals surface area contributed by atoms with Gasteiger partial charge in [-0.25, -0.2) is 17.9 Å². The quantitative estimate of drug-likeness (QED) is 0.714. The number of aromatic nitrogens is 1. The molecule has 0 aliphatic rings. The van der Waals surface area contributed by atoms with Gasteiger partial charge in [0.1, 0.15) is 4.90 Å². The second-order valence-electron chi connectivity index (χ2n) is 4.95. The molecule has 0 saturated heterocycles. The minimum atomic E-state index is -3.69. The molecule has 0 unspecified atom stereocenters. The molecule has 2 aromatic rings. The van der Waals surface area contributed by atoms with Crippen LogP contribution in [0.1, 0.15) is 16.8 Å². The summed E-state index contributed by atoms with van der Waals surface area (Å²) in [4.78, 5) is 27.0. The van der Waals surface area contributed by atoms with Gasteiger partial charge in [0.2, 0.25) is 15.9 Å². The fraction of sp³-hybridized carbons (Fsp3) is 0.188. The van der Waals surface area contributed by atoms with E-state index in [-0.39, 0.29) is 23.8 Å². The summed E-state index contributed by atoms with van der Waals surface area (Å²) < 4.78 is 30.9. The van der Waals surface area contributed by atoms with Crippen LogP contribution in [0.5, 0.6) is 0 Å². The summed E-state index contributed by atoms with van der Waals surface area (Å²) in [6, 6.07) is 9.09. The van der Waals surface area contributed by atoms with Crippen LogP contribution in [0.3, 0.4) is 0 Å². The number of amides is 1. The highest BCUT2D eigenvalue weighted by Gasteiger charge is 2.14. The summed E-state index contributed by atoms with van der Waals surface area (Å²) in [5.74, 6) is -0.831. The highest BCUT2D eigenvalue weighted by Crippen LogP contribution is 2.11. The topological polar surface area (TPSA) is 114 Å². The molecule has 0 radical (unpaired) electrons. The Hall–Kier alpha value is -2.78. The fourth-order valence-corrected chi connectivity index (χ4v) is 2.91. The van der Waals surface area contributed by atoms with Gasteiger partial charge in [-0.2, -0.15) is 0 Å². The second kappa shape index (κ2) is 8.36. The molecule has 8 nitrogen and oxygen atoms in total. The van der Waals surface area contributed by atoms with E-state index >= 15 is 0 Å². The lowest BCUT2D eigenvalue weighted by molar-refractivity contribution is -0.116. The molecular formula is C16H17N3O5S. The summed E-state index contributed by atoms with van der Waals surface area (Å²) in [6.07, 6.45) is 2.65. The van der Waals surface area contributed by atoms with Crippen molar-refractivity contribution in [2.45, 2.75) is 11.3 Å². The number of esters is 1. The van der Waals surface area contributed by atoms with Gasteiger partial charge < -0.3 is 10.1 Å². The van der Waals surface area contributed by atoms with E-state index in [2.05, 4.69) is 19.8 Å². The van der Waals surface area contributed by atoms with Crippen LogP contribution >= 0.6 is 0 Å². The normalized spacial score (nSPS) is 10.9. The lowest BCUT2D eigenvalue weighted by Gasteiger charge is -2.08. The van der Waals surface area contributed by atoms with Crippen LogP contribution in [0.2, 0.25) is 0 Å². The van der Waals surface area contributed by atoms with Gasteiger partial charge in [-0.15, -0.1) is 0 Å². The Labute approximate surface area is 145 Å². The van der Waals surface area contributed by atoms with Crippen molar-refractivity contribution in [1.82, 2.24) is 9.71 Å². The highest BCUT2D eigenvalue weighted by atomic mass is 32.2. The number of nitrogens with one attached hydrogen (secondary N) is 2. The molecular weight excluding hydrogens is 346 g/mol. The molecule has 0 bridgehead atoms. The average molecular weight is 363 g/mol. The Morgan fingerprint density at radius 1 is 1.16 bits per heavy atom. The number of hydrogen-bond acceptors (Lipinski definition) is 6. The molecule has 0 aliphatic heterocycles. The Balaban J connectivity index is 1.84. The molecule has 9 heteroatoms. The first-order valence-corrected chi connectivity index (χ1v) is 8.78. The largest absolute Gasteiger partial charge is 0.465 e. The standard InChI is InChI=1S/C16H17N3O5S/c1-24-16(21)12-4-6-13(7-5-12)19-15(20)8-10-18-25(22,23)14-3-2-9-17-11-14/h2-7,9,11,18H,8,10H2,1H3,(H,19,20). The lowest BCUT2D eigenvalue weighted by atomic mass is 10.2. The third-order valence-corrected chi connectivity index (χ3v) is 4.62. The molecule has 0 saturated carbocycles. The lowest BCUT2D eigenvalue weighted by Crippen LogP contribution is -2.27. The maximum atomic E-state index is 12.0. The molecule has 1 heterocycles. The van der Waals surface area contributed by atoms with E-state index < -0.39 is 16.0 Å². The molecule has 0 atom stereocenters. The van der Waals surface area contributed by atoms with Gasteiger partial charge >= 0.3 is 5.97 Å². The first kappa shape index (κ1) is 18.6. The van der Waals surface area contributed by atoms with Gasteiger partial charge in [0, 0.05) is 31.0 Å². The Morgan fingerprint density at radius 2 is 1.88 bits per heavy atom. The first-order chi connectivity index (χ1) is 11.9. The van der Waals surface area contributed by atoms with Crippen LogP contribution in [0.15, 0.2) is 53.7 Å². The number of anilines is 1. The van der Waals surface area contributed by atoms with E-state index in [1.807, 2.05) is 0 Å². The third-order valence-electron chi connectivity index (χ3n) is 3.18. The van der Waals surface area contributed by atoms with E-state index in [9.17, 15) is 18.0 Å². The van der Waals surface area contributed by atoms with E-state index in [1.54, 1.807) is 12.1 Å². The monoisotopic (exact) mass is 363 g/mol. The Morgan fingerprint density at radius 3 is 2.48 bits per heavy atom. The number of sulfonamides is 1. The van der Waals surface area contributed by atoms with Crippen LogP contribution < -0.4 is 10.0 Å². The predicted molar refractivity (Wildman–Crippen MR) is 90.5 cm³/mol. The molecule has 0 fully saturated rings. The van der Waals surface area contributed by atoms with Gasteiger partial charge in [0.25, 0.3) is 0 Å². The average Bonchev–Trinajstić information content (AvgIpc) is 2.62. The van der Waals surface area contributed by atoms with E-state index in [0.29, 0.717) is 11.3 Å². The number of rotatable bonds is 7. The maximum absolute atomic E-state index is 12.0. The molecule has 0 spiro atoms. The minimum Gasteiger partial charge on any atom is -0.465 e. The fourth-order valence-electron chi connectivity index (χ4n) is 1.92. The van der Waals surface area contributed by atoms with Crippen molar-refractivity contribution in [2.24, 2.45) is 0 Å². The van der Waals surface area contributed by atoms with Crippen molar-refractivity contribution in [3.63, 3.8) is 0 Å². The Bertz CT molecular complexity index is 836. The molecule has 2 rings (SSSR count). The van der Waals surface area contributed by atoms with Crippen LogP contribution in [-0.2, 0) is 19.6 Å². The minimum absolute atomic E-state index is 0.0359. The van der Waals surface area contributed by atoms with Gasteiger partial charge in [0.15, 0.2) is 0 Å². The number of pyridine rings is 1. The van der Waals surface area contributed by atoms with Crippen molar-refractivity contribution < 1.29 is 22.7 Å². The Kier molecular flexibility index (Phi) is 6.20. The van der Waals surface area contributed by atoms with Crippen LogP contribution in [-0.4, -0.2) is 38.9 Å². The zero-order valence-corrected chi connectivity index (χ0v) is 14.2. The van der Waals surface area contributed by atoms with Gasteiger partial charge in [-0.05, 0) is 36.4 Å². The van der Waals surface area contributed by atoms with E-state index in [1.165, 1.54) is 43.8 Å². The zero-order valence-electron chi connectivity index (χ0n) is 13.4. The van der Waals surface area contributed by atoms with Gasteiger partial charge in [-0.1, -0.05) is 0 Å². The molecule has 1 aromatic heterocycles. The maximum Gasteiger partial charge on any atom is 0.337 e. The number of carbonyl (C=O) groups excluding carboxylic acids is 2. The number of methoxy groups -OCH3 is 1. The first-order valence-electron chi connectivity index (χ1n) is 7.30. The molecule has 2 N–H and O–H groups in total. The van der Waals surface area contributed by atoms with Crippen molar-refractivity contribution >= 4 is 27.6 Å². The molecule has 132 valence electrons. The van der Waals surface area contributed by atoms with E-state index in [0.717, 1.165) is 0 Å². The summed E-state index contributed by atoms with van der Waals surface area (Å²) in [5, 5.41) is 2.61. The van der Waals surface area contributed by atoms with E-state index in [4.69, 9.17) is 0 Å². The van der Waals surface area contributed by atoms with Gasteiger partial charge in [-0.3, -0.25) is 9.78 Å². The number of ether oxygens (including phenoxy) is 1. The van der Waals surface area contributed by atoms with Gasteiger partial charge in [0.05, 0.1) is 12.7 Å². The molecule has 0 aliphatic carbocycles. The SMILES string of the molecule is COC(=O)c1ccc(NC(=O)CCNS(=O)(=O)c2cccnc2)cc1. The number of benzene rings is 1. The summed E-state index contributed by atoms with van der Waals surface area (Å²) in [7, 11) is -2.41. The van der Waals surface area contributed by atoms with Crippen LogP contribution in [0, 0.1) is 0 Å². The van der Waals surface area contributed by atoms with Crippen LogP contribution in [0.25, 0.3) is 0 Å². The summed E-state index contributed by atoms with van der Waals surface area (Å²) in [5.41, 5.74) is 0.859. The number of nitrogens with zero attached hydrogens (tertiary/aromatic N) is 1. The summed E-state index contributed by atoms with van der Waals surface area (Å²) in [6.45, 7) is -0.0523.